The highest BCUT2D eigenvalue weighted by Crippen LogP contribution is 2.35. The molecule has 0 bridgehead atoms. The molecule has 0 aliphatic carbocycles. The minimum Gasteiger partial charge on any atom is -0.370 e. The maximum absolute atomic E-state index is 14.0. The molecule has 2 aromatic carbocycles. The van der Waals surface area contributed by atoms with E-state index in [1.165, 1.54) is 11.6 Å². The van der Waals surface area contributed by atoms with E-state index in [1.54, 1.807) is 12.1 Å². The number of rotatable bonds is 6. The molecule has 0 spiro atoms. The molecule has 40 heavy (non-hydrogen) atoms. The van der Waals surface area contributed by atoms with E-state index in [4.69, 9.17) is 0 Å². The number of hydrogen-bond donors (Lipinski definition) is 2. The highest BCUT2D eigenvalue weighted by molar-refractivity contribution is 6.05. The Morgan fingerprint density at radius 1 is 0.975 bits per heavy atom. The van der Waals surface area contributed by atoms with Crippen LogP contribution in [-0.2, 0) is 32.1 Å². The van der Waals surface area contributed by atoms with Crippen LogP contribution in [0.15, 0.2) is 48.7 Å². The Labute approximate surface area is 232 Å². The van der Waals surface area contributed by atoms with Crippen molar-refractivity contribution in [2.75, 3.05) is 61.8 Å². The Hall–Kier alpha value is -3.63. The van der Waals surface area contributed by atoms with Crippen molar-refractivity contribution >= 4 is 23.1 Å². The molecule has 1 fully saturated rings. The fraction of sp³-hybridized carbons (Fsp3) is 0.400. The van der Waals surface area contributed by atoms with Crippen molar-refractivity contribution < 1.29 is 18.0 Å². The van der Waals surface area contributed by atoms with Gasteiger partial charge in [-0.1, -0.05) is 12.1 Å². The van der Waals surface area contributed by atoms with Crippen molar-refractivity contribution in [3.63, 3.8) is 0 Å². The van der Waals surface area contributed by atoms with Gasteiger partial charge in [-0.25, -0.2) is 4.98 Å². The topological polar surface area (TPSA) is 63.7 Å². The van der Waals surface area contributed by atoms with Crippen LogP contribution in [0.4, 0.5) is 30.4 Å². The molecule has 0 atom stereocenters. The van der Waals surface area contributed by atoms with Crippen LogP contribution in [0.2, 0.25) is 0 Å². The zero-order valence-electron chi connectivity index (χ0n) is 22.5. The summed E-state index contributed by atoms with van der Waals surface area (Å²) < 4.78 is 42.0. The van der Waals surface area contributed by atoms with Gasteiger partial charge in [0.15, 0.2) is 0 Å². The minimum atomic E-state index is -4.51. The number of nitrogens with one attached hydrogen (secondary N) is 2. The average Bonchev–Trinajstić information content (AvgIpc) is 3.56. The van der Waals surface area contributed by atoms with Crippen LogP contribution in [0.5, 0.6) is 0 Å². The molecule has 1 amide bonds. The zero-order chi connectivity index (χ0) is 27.9. The first kappa shape index (κ1) is 26.6. The van der Waals surface area contributed by atoms with Crippen molar-refractivity contribution in [2.45, 2.75) is 32.1 Å². The van der Waals surface area contributed by atoms with E-state index in [1.807, 2.05) is 30.3 Å². The normalized spacial score (nSPS) is 17.4. The number of likely N-dealkylation sites (N-methyl/N-ethyl adjacent to an activating group) is 1. The van der Waals surface area contributed by atoms with Crippen LogP contribution in [0.3, 0.4) is 0 Å². The van der Waals surface area contributed by atoms with Gasteiger partial charge >= 0.3 is 6.18 Å². The van der Waals surface area contributed by atoms with E-state index >= 15 is 0 Å². The van der Waals surface area contributed by atoms with Crippen LogP contribution in [-0.4, -0.2) is 67.0 Å². The van der Waals surface area contributed by atoms with E-state index < -0.39 is 17.6 Å². The lowest BCUT2D eigenvalue weighted by atomic mass is 10.0. The highest BCUT2D eigenvalue weighted by atomic mass is 19.4. The summed E-state index contributed by atoms with van der Waals surface area (Å²) in [6.07, 6.45) is -0.790. The summed E-state index contributed by atoms with van der Waals surface area (Å²) in [5.41, 5.74) is 4.53. The SMILES string of the molecule is CN1CCN(Cc2ccc(NC(=O)c3ccc4c(c3)N(Cc3cnc5c(c3)CCN5)CC4)cc2C(F)(F)F)CC1. The van der Waals surface area contributed by atoms with Gasteiger partial charge in [-0.3, -0.25) is 9.69 Å². The van der Waals surface area contributed by atoms with Crippen molar-refractivity contribution in [3.05, 3.63) is 82.0 Å². The van der Waals surface area contributed by atoms with Crippen molar-refractivity contribution in [1.82, 2.24) is 14.8 Å². The number of carbonyl (C=O) groups excluding carboxylic acids is 1. The molecule has 1 saturated heterocycles. The molecule has 3 aliphatic rings. The second-order valence-electron chi connectivity index (χ2n) is 10.9. The third-order valence-electron chi connectivity index (χ3n) is 8.09. The van der Waals surface area contributed by atoms with E-state index in [9.17, 15) is 18.0 Å². The number of fused-ring (bicyclic) bond motifs is 2. The van der Waals surface area contributed by atoms with Crippen molar-refractivity contribution in [3.8, 4) is 0 Å². The fourth-order valence-electron chi connectivity index (χ4n) is 5.79. The number of halogens is 3. The summed E-state index contributed by atoms with van der Waals surface area (Å²) in [7, 11) is 2.01. The van der Waals surface area contributed by atoms with Crippen LogP contribution in [0, 0.1) is 0 Å². The maximum Gasteiger partial charge on any atom is 0.416 e. The second kappa shape index (κ2) is 10.7. The minimum absolute atomic E-state index is 0.134. The Kier molecular flexibility index (Phi) is 7.14. The largest absolute Gasteiger partial charge is 0.416 e. The second-order valence-corrected chi connectivity index (χ2v) is 10.9. The predicted octanol–water partition coefficient (Wildman–Crippen LogP) is 4.63. The summed E-state index contributed by atoms with van der Waals surface area (Å²) in [4.78, 5) is 24.1. The van der Waals surface area contributed by atoms with Gasteiger partial charge in [0.2, 0.25) is 0 Å². The molecule has 7 nitrogen and oxygen atoms in total. The number of anilines is 3. The molecule has 0 unspecified atom stereocenters. The van der Waals surface area contributed by atoms with Crippen molar-refractivity contribution in [1.29, 1.82) is 0 Å². The summed E-state index contributed by atoms with van der Waals surface area (Å²) in [6, 6.07) is 11.8. The molecule has 210 valence electrons. The fourth-order valence-corrected chi connectivity index (χ4v) is 5.79. The molecule has 2 N–H and O–H groups in total. The maximum atomic E-state index is 14.0. The van der Waals surface area contributed by atoms with E-state index in [-0.39, 0.29) is 17.8 Å². The number of alkyl halides is 3. The summed E-state index contributed by atoms with van der Waals surface area (Å²) in [6.45, 7) is 5.75. The van der Waals surface area contributed by atoms with Gasteiger partial charge in [-0.2, -0.15) is 13.2 Å². The first-order valence-corrected chi connectivity index (χ1v) is 13.7. The van der Waals surface area contributed by atoms with Gasteiger partial charge in [0.25, 0.3) is 5.91 Å². The molecule has 1 aromatic heterocycles. The molecule has 0 radical (unpaired) electrons. The smallest absolute Gasteiger partial charge is 0.370 e. The first-order valence-electron chi connectivity index (χ1n) is 13.7. The number of carbonyl (C=O) groups is 1. The molecular formula is C30H33F3N6O. The number of aromatic nitrogens is 1. The number of amides is 1. The van der Waals surface area contributed by atoms with Crippen molar-refractivity contribution in [2.24, 2.45) is 0 Å². The van der Waals surface area contributed by atoms with Crippen LogP contribution in [0.1, 0.15) is 38.2 Å². The Balaban J connectivity index is 1.17. The lowest BCUT2D eigenvalue weighted by molar-refractivity contribution is -0.138. The number of hydrogen-bond acceptors (Lipinski definition) is 6. The molecule has 3 aromatic rings. The van der Waals surface area contributed by atoms with E-state index in [0.29, 0.717) is 12.1 Å². The number of nitrogens with zero attached hydrogens (tertiary/aromatic N) is 4. The highest BCUT2D eigenvalue weighted by Gasteiger charge is 2.34. The van der Waals surface area contributed by atoms with Gasteiger partial charge in [0.05, 0.1) is 5.56 Å². The van der Waals surface area contributed by atoms with Crippen LogP contribution < -0.4 is 15.5 Å². The van der Waals surface area contributed by atoms with E-state index in [2.05, 4.69) is 31.5 Å². The molecular weight excluding hydrogens is 517 g/mol. The predicted molar refractivity (Wildman–Crippen MR) is 150 cm³/mol. The Bertz CT molecular complexity index is 1420. The summed E-state index contributed by atoms with van der Waals surface area (Å²) in [5, 5.41) is 5.97. The standard InChI is InChI=1S/C30H33F3N6O/c1-37-10-12-38(13-11-37)19-24-4-5-25(16-26(24)30(31,32)33)36-29(40)23-3-2-21-7-9-39(27(21)15-23)18-20-14-22-6-8-34-28(22)35-17-20/h2-5,14-17H,6-13,18-19H2,1H3,(H,34,35)(H,36,40). The summed E-state index contributed by atoms with van der Waals surface area (Å²) in [5.74, 6) is 0.519. The molecule has 4 heterocycles. The lowest BCUT2D eigenvalue weighted by Gasteiger charge is -2.33. The van der Waals surface area contributed by atoms with Gasteiger partial charge < -0.3 is 20.4 Å². The Morgan fingerprint density at radius 3 is 2.60 bits per heavy atom. The molecule has 3 aliphatic heterocycles. The monoisotopic (exact) mass is 550 g/mol. The zero-order valence-corrected chi connectivity index (χ0v) is 22.5. The van der Waals surface area contributed by atoms with Gasteiger partial charge in [0.1, 0.15) is 5.82 Å². The first-order chi connectivity index (χ1) is 19.2. The Morgan fingerprint density at radius 2 is 1.80 bits per heavy atom. The van der Waals surface area contributed by atoms with Crippen LogP contribution in [0.25, 0.3) is 0 Å². The quantitative estimate of drug-likeness (QED) is 0.467. The number of benzene rings is 2. The molecule has 6 rings (SSSR count). The third-order valence-corrected chi connectivity index (χ3v) is 8.09. The molecule has 10 heteroatoms. The number of pyridine rings is 1. The average molecular weight is 551 g/mol. The van der Waals surface area contributed by atoms with Gasteiger partial charge in [-0.15, -0.1) is 0 Å². The van der Waals surface area contributed by atoms with E-state index in [0.717, 1.165) is 80.8 Å². The van der Waals surface area contributed by atoms with Gasteiger partial charge in [-0.05, 0) is 72.5 Å². The summed E-state index contributed by atoms with van der Waals surface area (Å²) >= 11 is 0. The number of piperazine rings is 1. The van der Waals surface area contributed by atoms with Gasteiger partial charge in [0, 0.05) is 75.5 Å². The third kappa shape index (κ3) is 5.64. The molecule has 0 saturated carbocycles. The van der Waals surface area contributed by atoms with Crippen LogP contribution >= 0.6 is 0 Å². The lowest BCUT2D eigenvalue weighted by Crippen LogP contribution is -2.44.